The van der Waals surface area contributed by atoms with Crippen LogP contribution in [0.5, 0.6) is 0 Å². The highest BCUT2D eigenvalue weighted by Crippen LogP contribution is 2.38. The molecule has 4 rings (SSSR count). The van der Waals surface area contributed by atoms with Gasteiger partial charge in [0, 0.05) is 44.8 Å². The SMILES string of the molecule is CC(=O)N1CCC(CN2C(=N)C[C@](C)(c3cccc(-c4cccc(C#N)c4)c3)CC2=O)CC1. The number of rotatable bonds is 4. The van der Waals surface area contributed by atoms with Crippen LogP contribution in [-0.4, -0.2) is 47.1 Å². The van der Waals surface area contributed by atoms with Gasteiger partial charge in [-0.25, -0.2) is 0 Å². The maximum Gasteiger partial charge on any atom is 0.228 e. The number of carbonyl (C=O) groups is 2. The first-order valence-corrected chi connectivity index (χ1v) is 11.5. The molecule has 0 aliphatic carbocycles. The van der Waals surface area contributed by atoms with E-state index in [-0.39, 0.29) is 11.8 Å². The molecule has 6 heteroatoms. The van der Waals surface area contributed by atoms with Gasteiger partial charge in [-0.1, -0.05) is 43.3 Å². The summed E-state index contributed by atoms with van der Waals surface area (Å²) in [6.45, 7) is 5.69. The molecule has 0 bridgehead atoms. The van der Waals surface area contributed by atoms with Crippen molar-refractivity contribution in [2.45, 2.75) is 44.9 Å². The molecule has 0 spiro atoms. The number of likely N-dealkylation sites (tertiary alicyclic amines) is 2. The van der Waals surface area contributed by atoms with Crippen molar-refractivity contribution in [1.29, 1.82) is 10.7 Å². The Morgan fingerprint density at radius 1 is 1.12 bits per heavy atom. The molecule has 2 heterocycles. The number of nitriles is 1. The van der Waals surface area contributed by atoms with E-state index in [0.29, 0.717) is 36.7 Å². The maximum atomic E-state index is 13.2. The zero-order valence-corrected chi connectivity index (χ0v) is 19.3. The number of hydrogen-bond acceptors (Lipinski definition) is 4. The first-order chi connectivity index (χ1) is 15.8. The van der Waals surface area contributed by atoms with Crippen LogP contribution in [0.15, 0.2) is 48.5 Å². The highest BCUT2D eigenvalue weighted by Gasteiger charge is 2.40. The third kappa shape index (κ3) is 4.83. The number of amidine groups is 1. The molecular formula is C27H30N4O2. The zero-order chi connectivity index (χ0) is 23.6. The van der Waals surface area contributed by atoms with Gasteiger partial charge in [-0.2, -0.15) is 5.26 Å². The zero-order valence-electron chi connectivity index (χ0n) is 19.3. The van der Waals surface area contributed by atoms with Crippen molar-refractivity contribution < 1.29 is 9.59 Å². The standard InChI is InChI=1S/C27H30N4O2/c1-19(32)30-11-9-20(10-12-30)18-31-25(29)15-27(2,16-26(31)33)24-8-4-7-23(14-24)22-6-3-5-21(13-22)17-28/h3-8,13-14,20,29H,9-12,15-16,18H2,1-2H3/t27-/m0/s1. The Labute approximate surface area is 195 Å². The van der Waals surface area contributed by atoms with E-state index < -0.39 is 5.41 Å². The molecule has 2 fully saturated rings. The molecule has 0 unspecified atom stereocenters. The van der Waals surface area contributed by atoms with E-state index in [1.165, 1.54) is 0 Å². The monoisotopic (exact) mass is 442 g/mol. The minimum atomic E-state index is -0.439. The quantitative estimate of drug-likeness (QED) is 0.764. The molecule has 1 N–H and O–H groups in total. The summed E-state index contributed by atoms with van der Waals surface area (Å²) in [7, 11) is 0. The smallest absolute Gasteiger partial charge is 0.228 e. The van der Waals surface area contributed by atoms with Gasteiger partial charge in [0.1, 0.15) is 5.84 Å². The van der Waals surface area contributed by atoms with Gasteiger partial charge in [0.25, 0.3) is 0 Å². The van der Waals surface area contributed by atoms with Crippen LogP contribution in [0, 0.1) is 22.7 Å². The predicted molar refractivity (Wildman–Crippen MR) is 128 cm³/mol. The van der Waals surface area contributed by atoms with Gasteiger partial charge >= 0.3 is 0 Å². The molecule has 1 atom stereocenters. The minimum absolute atomic E-state index is 0.000344. The summed E-state index contributed by atoms with van der Waals surface area (Å²) in [6.07, 6.45) is 2.62. The third-order valence-electron chi connectivity index (χ3n) is 7.11. The molecule has 0 radical (unpaired) electrons. The molecule has 0 saturated carbocycles. The summed E-state index contributed by atoms with van der Waals surface area (Å²) >= 11 is 0. The molecule has 33 heavy (non-hydrogen) atoms. The lowest BCUT2D eigenvalue weighted by atomic mass is 9.73. The van der Waals surface area contributed by atoms with Crippen LogP contribution in [0.4, 0.5) is 0 Å². The summed E-state index contributed by atoms with van der Waals surface area (Å²) in [6, 6.07) is 17.8. The van der Waals surface area contributed by atoms with Crippen molar-refractivity contribution in [2.24, 2.45) is 5.92 Å². The van der Waals surface area contributed by atoms with Crippen molar-refractivity contribution in [3.63, 3.8) is 0 Å². The lowest BCUT2D eigenvalue weighted by Gasteiger charge is -2.42. The number of amides is 2. The summed E-state index contributed by atoms with van der Waals surface area (Å²) in [5.41, 5.74) is 3.18. The summed E-state index contributed by atoms with van der Waals surface area (Å²) in [5.74, 6) is 0.803. The Morgan fingerprint density at radius 3 is 2.42 bits per heavy atom. The number of nitrogens with one attached hydrogen (secondary N) is 1. The van der Waals surface area contributed by atoms with Gasteiger partial charge in [0.15, 0.2) is 0 Å². The Balaban J connectivity index is 1.48. The molecule has 2 aromatic rings. The fraction of sp³-hybridized carbons (Fsp3) is 0.407. The largest absolute Gasteiger partial charge is 0.343 e. The first kappa shape index (κ1) is 22.7. The second-order valence-electron chi connectivity index (χ2n) is 9.59. The van der Waals surface area contributed by atoms with Crippen LogP contribution in [0.1, 0.15) is 50.7 Å². The molecular weight excluding hydrogens is 412 g/mol. The average Bonchev–Trinajstić information content (AvgIpc) is 2.82. The van der Waals surface area contributed by atoms with Gasteiger partial charge in [0.2, 0.25) is 11.8 Å². The Kier molecular flexibility index (Phi) is 6.33. The second kappa shape index (κ2) is 9.19. The third-order valence-corrected chi connectivity index (χ3v) is 7.11. The van der Waals surface area contributed by atoms with Gasteiger partial charge in [-0.3, -0.25) is 15.0 Å². The van der Waals surface area contributed by atoms with Gasteiger partial charge in [0.05, 0.1) is 11.6 Å². The van der Waals surface area contributed by atoms with E-state index in [9.17, 15) is 14.9 Å². The fourth-order valence-electron chi connectivity index (χ4n) is 5.05. The molecule has 2 saturated heterocycles. The van der Waals surface area contributed by atoms with Crippen molar-refractivity contribution in [1.82, 2.24) is 9.80 Å². The van der Waals surface area contributed by atoms with Crippen LogP contribution in [0.3, 0.4) is 0 Å². The van der Waals surface area contributed by atoms with E-state index in [4.69, 9.17) is 5.41 Å². The molecule has 2 aromatic carbocycles. The Hall–Kier alpha value is -3.46. The number of piperidine rings is 2. The first-order valence-electron chi connectivity index (χ1n) is 11.5. The second-order valence-corrected chi connectivity index (χ2v) is 9.59. The highest BCUT2D eigenvalue weighted by atomic mass is 16.2. The van der Waals surface area contributed by atoms with Crippen LogP contribution in [0.25, 0.3) is 11.1 Å². The molecule has 2 aliphatic heterocycles. The number of nitrogens with zero attached hydrogens (tertiary/aromatic N) is 3. The van der Waals surface area contributed by atoms with Crippen molar-refractivity contribution in [3.05, 3.63) is 59.7 Å². The normalized spacial score (nSPS) is 21.7. The summed E-state index contributed by atoms with van der Waals surface area (Å²) in [5, 5.41) is 17.9. The number of carbonyl (C=O) groups excluding carboxylic acids is 2. The number of hydrogen-bond donors (Lipinski definition) is 1. The molecule has 6 nitrogen and oxygen atoms in total. The van der Waals surface area contributed by atoms with Gasteiger partial charge in [-0.15, -0.1) is 0 Å². The van der Waals surface area contributed by atoms with E-state index in [1.54, 1.807) is 17.9 Å². The van der Waals surface area contributed by atoms with E-state index in [0.717, 1.165) is 42.6 Å². The van der Waals surface area contributed by atoms with Crippen LogP contribution >= 0.6 is 0 Å². The fourth-order valence-corrected chi connectivity index (χ4v) is 5.05. The maximum absolute atomic E-state index is 13.2. The molecule has 2 aliphatic rings. The topological polar surface area (TPSA) is 88.3 Å². The van der Waals surface area contributed by atoms with Gasteiger partial charge < -0.3 is 9.80 Å². The Bertz CT molecular complexity index is 1110. The Morgan fingerprint density at radius 2 is 1.79 bits per heavy atom. The van der Waals surface area contributed by atoms with Crippen LogP contribution < -0.4 is 0 Å². The van der Waals surface area contributed by atoms with E-state index >= 15 is 0 Å². The molecule has 2 amide bonds. The van der Waals surface area contributed by atoms with E-state index in [1.807, 2.05) is 41.3 Å². The molecule has 170 valence electrons. The summed E-state index contributed by atoms with van der Waals surface area (Å²) < 4.78 is 0. The van der Waals surface area contributed by atoms with E-state index in [2.05, 4.69) is 19.1 Å². The lowest BCUT2D eigenvalue weighted by molar-refractivity contribution is -0.133. The molecule has 0 aromatic heterocycles. The summed E-state index contributed by atoms with van der Waals surface area (Å²) in [4.78, 5) is 28.2. The number of benzene rings is 2. The van der Waals surface area contributed by atoms with Crippen LogP contribution in [-0.2, 0) is 15.0 Å². The average molecular weight is 443 g/mol. The highest BCUT2D eigenvalue weighted by molar-refractivity contribution is 6.00. The van der Waals surface area contributed by atoms with Crippen molar-refractivity contribution in [3.8, 4) is 17.2 Å². The predicted octanol–water partition coefficient (Wildman–Crippen LogP) is 4.34. The lowest BCUT2D eigenvalue weighted by Crippen LogP contribution is -2.51. The van der Waals surface area contributed by atoms with Crippen LogP contribution in [0.2, 0.25) is 0 Å². The van der Waals surface area contributed by atoms with Gasteiger partial charge in [-0.05, 0) is 47.6 Å². The minimum Gasteiger partial charge on any atom is -0.343 e. The van der Waals surface area contributed by atoms with Crippen molar-refractivity contribution in [2.75, 3.05) is 19.6 Å². The van der Waals surface area contributed by atoms with Crippen molar-refractivity contribution >= 4 is 17.6 Å².